The third kappa shape index (κ3) is 3.39. The van der Waals surface area contributed by atoms with E-state index in [-0.39, 0.29) is 12.0 Å². The van der Waals surface area contributed by atoms with Gasteiger partial charge in [-0.05, 0) is 24.5 Å². The first-order valence-electron chi connectivity index (χ1n) is 8.54. The van der Waals surface area contributed by atoms with Gasteiger partial charge in [-0.1, -0.05) is 30.3 Å². The largest absolute Gasteiger partial charge is 0.375 e. The van der Waals surface area contributed by atoms with Gasteiger partial charge >= 0.3 is 0 Å². The molecule has 0 aliphatic carbocycles. The van der Waals surface area contributed by atoms with Gasteiger partial charge in [0.1, 0.15) is 17.7 Å². The molecule has 0 unspecified atom stereocenters. The molecule has 1 aromatic carbocycles. The summed E-state index contributed by atoms with van der Waals surface area (Å²) in [5.74, 6) is -0.0591. The van der Waals surface area contributed by atoms with Gasteiger partial charge in [-0.2, -0.15) is 0 Å². The maximum absolute atomic E-state index is 12.6. The number of nitrogens with zero attached hydrogens (tertiary/aromatic N) is 3. The first-order valence-corrected chi connectivity index (χ1v) is 8.54. The quantitative estimate of drug-likeness (QED) is 0.702. The molecular weight excluding hydrogens is 316 g/mol. The van der Waals surface area contributed by atoms with E-state index in [2.05, 4.69) is 39.2 Å². The highest BCUT2D eigenvalue weighted by Gasteiger charge is 2.33. The molecule has 1 N–H and O–H groups in total. The van der Waals surface area contributed by atoms with Crippen LogP contribution in [0.2, 0.25) is 0 Å². The summed E-state index contributed by atoms with van der Waals surface area (Å²) in [4.78, 5) is 25.6. The number of ether oxygens (including phenoxy) is 1. The number of benzene rings is 1. The van der Waals surface area contributed by atoms with E-state index in [9.17, 15) is 4.79 Å². The van der Waals surface area contributed by atoms with Crippen molar-refractivity contribution in [3.8, 4) is 0 Å². The van der Waals surface area contributed by atoms with E-state index in [0.717, 1.165) is 24.8 Å². The van der Waals surface area contributed by atoms with Crippen LogP contribution in [0.15, 0.2) is 48.9 Å². The van der Waals surface area contributed by atoms with E-state index in [4.69, 9.17) is 4.74 Å². The number of amides is 1. The van der Waals surface area contributed by atoms with Gasteiger partial charge in [0.25, 0.3) is 5.91 Å². The topological polar surface area (TPSA) is 71.1 Å². The van der Waals surface area contributed by atoms with Gasteiger partial charge in [-0.15, -0.1) is 0 Å². The third-order valence-corrected chi connectivity index (χ3v) is 4.50. The molecule has 1 fully saturated rings. The summed E-state index contributed by atoms with van der Waals surface area (Å²) in [6.45, 7) is 1.97. The molecule has 3 aromatic rings. The van der Waals surface area contributed by atoms with E-state index in [1.165, 1.54) is 11.9 Å². The first-order chi connectivity index (χ1) is 12.3. The number of fused-ring (bicyclic) bond motifs is 1. The maximum Gasteiger partial charge on any atom is 0.273 e. The zero-order valence-corrected chi connectivity index (χ0v) is 13.9. The normalized spacial score (nSPS) is 14.6. The molecule has 0 bridgehead atoms. The SMILES string of the molecule is O=C(c1ncnc2[nH]ccc12)N1CC(OCCCc2ccccc2)C1. The van der Waals surface area contributed by atoms with Crippen LogP contribution in [0.4, 0.5) is 0 Å². The Morgan fingerprint density at radius 1 is 1.20 bits per heavy atom. The molecular formula is C19H20N4O2. The molecule has 4 rings (SSSR count). The molecule has 1 aliphatic heterocycles. The van der Waals surface area contributed by atoms with E-state index in [0.29, 0.717) is 24.4 Å². The van der Waals surface area contributed by atoms with Crippen molar-refractivity contribution in [3.05, 3.63) is 60.2 Å². The minimum Gasteiger partial charge on any atom is -0.375 e. The molecule has 25 heavy (non-hydrogen) atoms. The average Bonchev–Trinajstić information content (AvgIpc) is 3.09. The van der Waals surface area contributed by atoms with Crippen molar-refractivity contribution < 1.29 is 9.53 Å². The molecule has 6 nitrogen and oxygen atoms in total. The van der Waals surface area contributed by atoms with Crippen molar-refractivity contribution in [2.75, 3.05) is 19.7 Å². The van der Waals surface area contributed by atoms with Gasteiger partial charge < -0.3 is 14.6 Å². The van der Waals surface area contributed by atoms with Crippen LogP contribution in [0.3, 0.4) is 0 Å². The number of carbonyl (C=O) groups is 1. The minimum atomic E-state index is -0.0591. The number of aryl methyl sites for hydroxylation is 1. The lowest BCUT2D eigenvalue weighted by molar-refractivity contribution is -0.0431. The second-order valence-electron chi connectivity index (χ2n) is 6.25. The van der Waals surface area contributed by atoms with Crippen molar-refractivity contribution in [2.24, 2.45) is 0 Å². The smallest absolute Gasteiger partial charge is 0.273 e. The van der Waals surface area contributed by atoms with Crippen molar-refractivity contribution >= 4 is 16.9 Å². The Labute approximate surface area is 145 Å². The first kappa shape index (κ1) is 15.8. The van der Waals surface area contributed by atoms with E-state index >= 15 is 0 Å². The highest BCUT2D eigenvalue weighted by atomic mass is 16.5. The predicted octanol–water partition coefficient (Wildman–Crippen LogP) is 2.43. The zero-order chi connectivity index (χ0) is 17.1. The Hall–Kier alpha value is -2.73. The molecule has 128 valence electrons. The molecule has 1 amide bonds. The van der Waals surface area contributed by atoms with Crippen LogP contribution in [0.25, 0.3) is 11.0 Å². The van der Waals surface area contributed by atoms with E-state index in [1.54, 1.807) is 11.1 Å². The zero-order valence-electron chi connectivity index (χ0n) is 13.9. The Bertz CT molecular complexity index is 856. The number of hydrogen-bond donors (Lipinski definition) is 1. The van der Waals surface area contributed by atoms with Gasteiger partial charge in [-0.3, -0.25) is 4.79 Å². The lowest BCUT2D eigenvalue weighted by Crippen LogP contribution is -2.55. The Morgan fingerprint density at radius 3 is 2.88 bits per heavy atom. The fourth-order valence-corrected chi connectivity index (χ4v) is 3.07. The number of H-pyrrole nitrogens is 1. The number of carbonyl (C=O) groups excluding carboxylic acids is 1. The summed E-state index contributed by atoms with van der Waals surface area (Å²) in [7, 11) is 0. The number of aromatic nitrogens is 3. The predicted molar refractivity (Wildman–Crippen MR) is 94.3 cm³/mol. The summed E-state index contributed by atoms with van der Waals surface area (Å²) in [5.41, 5.74) is 2.47. The number of rotatable bonds is 6. The summed E-state index contributed by atoms with van der Waals surface area (Å²) in [6.07, 6.45) is 5.32. The Balaban J connectivity index is 1.23. The lowest BCUT2D eigenvalue weighted by Gasteiger charge is -2.38. The van der Waals surface area contributed by atoms with Crippen molar-refractivity contribution in [3.63, 3.8) is 0 Å². The van der Waals surface area contributed by atoms with Gasteiger partial charge in [0.05, 0.1) is 11.5 Å². The molecule has 1 aliphatic rings. The number of nitrogens with one attached hydrogen (secondary N) is 1. The van der Waals surface area contributed by atoms with Gasteiger partial charge in [-0.25, -0.2) is 9.97 Å². The number of aromatic amines is 1. The average molecular weight is 336 g/mol. The second-order valence-corrected chi connectivity index (χ2v) is 6.25. The van der Waals surface area contributed by atoms with Crippen LogP contribution in [0.1, 0.15) is 22.5 Å². The van der Waals surface area contributed by atoms with Crippen molar-refractivity contribution in [1.29, 1.82) is 0 Å². The van der Waals surface area contributed by atoms with E-state index < -0.39 is 0 Å². The van der Waals surface area contributed by atoms with Gasteiger partial charge in [0.15, 0.2) is 0 Å². The molecule has 2 aromatic heterocycles. The van der Waals surface area contributed by atoms with Crippen LogP contribution in [-0.4, -0.2) is 51.6 Å². The van der Waals surface area contributed by atoms with E-state index in [1.807, 2.05) is 12.1 Å². The molecule has 6 heteroatoms. The van der Waals surface area contributed by atoms with Crippen LogP contribution in [0.5, 0.6) is 0 Å². The Morgan fingerprint density at radius 2 is 2.04 bits per heavy atom. The van der Waals surface area contributed by atoms with Crippen LogP contribution in [-0.2, 0) is 11.2 Å². The Kier molecular flexibility index (Phi) is 4.43. The van der Waals surface area contributed by atoms with Crippen LogP contribution >= 0.6 is 0 Å². The third-order valence-electron chi connectivity index (χ3n) is 4.50. The highest BCUT2D eigenvalue weighted by molar-refractivity contribution is 6.03. The second kappa shape index (κ2) is 7.03. The summed E-state index contributed by atoms with van der Waals surface area (Å²) in [5, 5.41) is 0.764. The van der Waals surface area contributed by atoms with Crippen LogP contribution in [0, 0.1) is 0 Å². The molecule has 0 radical (unpaired) electrons. The number of hydrogen-bond acceptors (Lipinski definition) is 4. The summed E-state index contributed by atoms with van der Waals surface area (Å²) in [6, 6.07) is 12.2. The maximum atomic E-state index is 12.6. The highest BCUT2D eigenvalue weighted by Crippen LogP contribution is 2.19. The molecule has 3 heterocycles. The van der Waals surface area contributed by atoms with Gasteiger partial charge in [0, 0.05) is 25.9 Å². The summed E-state index contributed by atoms with van der Waals surface area (Å²) >= 11 is 0. The molecule has 0 atom stereocenters. The molecule has 0 saturated carbocycles. The lowest BCUT2D eigenvalue weighted by atomic mass is 10.1. The molecule has 0 spiro atoms. The fraction of sp³-hybridized carbons (Fsp3) is 0.316. The monoisotopic (exact) mass is 336 g/mol. The summed E-state index contributed by atoms with van der Waals surface area (Å²) < 4.78 is 5.86. The number of likely N-dealkylation sites (tertiary alicyclic amines) is 1. The minimum absolute atomic E-state index is 0.0591. The fourth-order valence-electron chi connectivity index (χ4n) is 3.07. The van der Waals surface area contributed by atoms with Gasteiger partial charge in [0.2, 0.25) is 0 Å². The molecule has 1 saturated heterocycles. The standard InChI is InChI=1S/C19H20N4O2/c24-19(17-16-8-9-20-18(16)22-13-21-17)23-11-15(12-23)25-10-4-7-14-5-2-1-3-6-14/h1-3,5-6,8-9,13,15H,4,7,10-12H2,(H,20,21,22). The van der Waals surface area contributed by atoms with Crippen LogP contribution < -0.4 is 0 Å². The van der Waals surface area contributed by atoms with Crippen molar-refractivity contribution in [1.82, 2.24) is 19.9 Å². The van der Waals surface area contributed by atoms with Crippen molar-refractivity contribution in [2.45, 2.75) is 18.9 Å².